The number of ether oxygens (including phenoxy) is 1. The molecule has 0 unspecified atom stereocenters. The number of hydrogen-bond acceptors (Lipinski definition) is 6. The van der Waals surface area contributed by atoms with Gasteiger partial charge in [0.25, 0.3) is 0 Å². The lowest BCUT2D eigenvalue weighted by Gasteiger charge is -2.13. The molecule has 0 saturated heterocycles. The molecule has 1 atom stereocenters. The van der Waals surface area contributed by atoms with Crippen LogP contribution in [0.2, 0.25) is 0 Å². The Morgan fingerprint density at radius 3 is 2.77 bits per heavy atom. The van der Waals surface area contributed by atoms with E-state index in [1.807, 2.05) is 26.8 Å². The third-order valence-corrected chi connectivity index (χ3v) is 4.99. The van der Waals surface area contributed by atoms with Gasteiger partial charge in [-0.15, -0.1) is 0 Å². The second-order valence-electron chi connectivity index (χ2n) is 5.55. The molecule has 0 fully saturated rings. The van der Waals surface area contributed by atoms with Gasteiger partial charge in [-0.3, -0.25) is 0 Å². The van der Waals surface area contributed by atoms with Crippen LogP contribution in [-0.4, -0.2) is 36.1 Å². The Kier molecular flexibility index (Phi) is 5.02. The fourth-order valence-corrected chi connectivity index (χ4v) is 2.74. The van der Waals surface area contributed by atoms with E-state index >= 15 is 0 Å². The van der Waals surface area contributed by atoms with Gasteiger partial charge in [0.05, 0.1) is 17.6 Å². The predicted molar refractivity (Wildman–Crippen MR) is 89.8 cm³/mol. The van der Waals surface area contributed by atoms with Crippen molar-refractivity contribution in [2.75, 3.05) is 7.11 Å². The highest BCUT2D eigenvalue weighted by molar-refractivity contribution is 7.85. The minimum absolute atomic E-state index is 0.396. The zero-order valence-electron chi connectivity index (χ0n) is 13.2. The van der Waals surface area contributed by atoms with Crippen LogP contribution in [0, 0.1) is 0 Å². The molecule has 118 valence electrons. The number of methoxy groups -OCH3 is 1. The number of aromatic nitrogens is 3. The van der Waals surface area contributed by atoms with E-state index in [0.29, 0.717) is 22.4 Å². The highest BCUT2D eigenvalue weighted by Gasteiger charge is 2.20. The zero-order chi connectivity index (χ0) is 16.3. The number of hydrogen-bond donors (Lipinski definition) is 0. The van der Waals surface area contributed by atoms with Gasteiger partial charge in [-0.05, 0) is 45.3 Å². The van der Waals surface area contributed by atoms with Crippen molar-refractivity contribution in [3.63, 3.8) is 0 Å². The average Bonchev–Trinajstić information content (AvgIpc) is 2.96. The standard InChI is InChI=1S/C14H18N4O2S2/c1-9(18-22(19)14(2,3)4)13-16-12(17-21-13)10-6-7-15-11(8-10)20-5/h6-8H,1-5H3/t22-/m0/s1. The molecule has 0 spiro atoms. The summed E-state index contributed by atoms with van der Waals surface area (Å²) in [7, 11) is 0.249. The number of rotatable bonds is 4. The van der Waals surface area contributed by atoms with Gasteiger partial charge in [0.1, 0.15) is 11.0 Å². The van der Waals surface area contributed by atoms with E-state index in [9.17, 15) is 4.21 Å². The van der Waals surface area contributed by atoms with Gasteiger partial charge in [0.2, 0.25) is 5.88 Å². The second kappa shape index (κ2) is 6.62. The van der Waals surface area contributed by atoms with E-state index < -0.39 is 15.7 Å². The number of pyridine rings is 1. The molecule has 0 aliphatic carbocycles. The third kappa shape index (κ3) is 3.95. The van der Waals surface area contributed by atoms with Crippen molar-refractivity contribution in [1.29, 1.82) is 0 Å². The molecule has 0 aliphatic heterocycles. The first-order valence-corrected chi connectivity index (χ1v) is 8.51. The van der Waals surface area contributed by atoms with E-state index in [-0.39, 0.29) is 0 Å². The van der Waals surface area contributed by atoms with Crippen LogP contribution in [0.15, 0.2) is 22.7 Å². The Hall–Kier alpha value is -1.67. The normalized spacial score (nSPS) is 14.0. The Bertz CT molecular complexity index is 720. The molecule has 6 nitrogen and oxygen atoms in total. The summed E-state index contributed by atoms with van der Waals surface area (Å²) in [5.41, 5.74) is 1.44. The SMILES string of the molecule is COc1cc(-c2nsc(C(C)=N[S@@](=O)C(C)(C)C)n2)ccn1. The first-order chi connectivity index (χ1) is 10.3. The lowest BCUT2D eigenvalue weighted by Crippen LogP contribution is -2.20. The van der Waals surface area contributed by atoms with Crippen molar-refractivity contribution in [2.45, 2.75) is 32.4 Å². The zero-order valence-corrected chi connectivity index (χ0v) is 14.8. The van der Waals surface area contributed by atoms with Gasteiger partial charge in [-0.2, -0.15) is 8.77 Å². The molecule has 0 aromatic carbocycles. The van der Waals surface area contributed by atoms with Crippen molar-refractivity contribution in [3.8, 4) is 17.3 Å². The second-order valence-corrected chi connectivity index (χ2v) is 8.21. The summed E-state index contributed by atoms with van der Waals surface area (Å²) in [5.74, 6) is 1.09. The van der Waals surface area contributed by atoms with Crippen LogP contribution in [0.5, 0.6) is 5.88 Å². The van der Waals surface area contributed by atoms with Gasteiger partial charge in [-0.1, -0.05) is 0 Å². The van der Waals surface area contributed by atoms with Gasteiger partial charge >= 0.3 is 0 Å². The van der Waals surface area contributed by atoms with Gasteiger partial charge in [0, 0.05) is 17.8 Å². The summed E-state index contributed by atoms with van der Waals surface area (Å²) in [5, 5.41) is 0.656. The first-order valence-electron chi connectivity index (χ1n) is 6.63. The lowest BCUT2D eigenvalue weighted by molar-refractivity contribution is 0.398. The van der Waals surface area contributed by atoms with Crippen LogP contribution < -0.4 is 4.74 Å². The summed E-state index contributed by atoms with van der Waals surface area (Å²) in [6, 6.07) is 3.58. The van der Waals surface area contributed by atoms with E-state index in [0.717, 1.165) is 5.56 Å². The summed E-state index contributed by atoms with van der Waals surface area (Å²) >= 11 is 1.23. The van der Waals surface area contributed by atoms with Gasteiger partial charge < -0.3 is 4.74 Å². The molecular weight excluding hydrogens is 320 g/mol. The molecule has 0 N–H and O–H groups in total. The Morgan fingerprint density at radius 2 is 2.14 bits per heavy atom. The maximum Gasteiger partial charge on any atom is 0.213 e. The molecule has 0 amide bonds. The molecule has 2 rings (SSSR count). The van der Waals surface area contributed by atoms with Crippen molar-refractivity contribution < 1.29 is 8.95 Å². The highest BCUT2D eigenvalue weighted by atomic mass is 32.2. The largest absolute Gasteiger partial charge is 0.481 e. The molecular formula is C14H18N4O2S2. The Labute approximate surface area is 136 Å². The molecule has 2 aromatic heterocycles. The summed E-state index contributed by atoms with van der Waals surface area (Å²) < 4.78 is 25.3. The summed E-state index contributed by atoms with van der Waals surface area (Å²) in [6.45, 7) is 7.44. The van der Waals surface area contributed by atoms with Crippen LogP contribution in [0.25, 0.3) is 11.4 Å². The van der Waals surface area contributed by atoms with Crippen LogP contribution in [0.1, 0.15) is 32.7 Å². The fraction of sp³-hybridized carbons (Fsp3) is 0.429. The van der Waals surface area contributed by atoms with Crippen molar-refractivity contribution in [3.05, 3.63) is 23.3 Å². The van der Waals surface area contributed by atoms with E-state index in [4.69, 9.17) is 4.74 Å². The van der Waals surface area contributed by atoms with Crippen LogP contribution in [0.4, 0.5) is 0 Å². The lowest BCUT2D eigenvalue weighted by atomic mass is 10.2. The van der Waals surface area contributed by atoms with Crippen molar-refractivity contribution in [2.24, 2.45) is 4.40 Å². The van der Waals surface area contributed by atoms with Crippen molar-refractivity contribution >= 4 is 28.2 Å². The first kappa shape index (κ1) is 16.7. The number of nitrogens with zero attached hydrogens (tertiary/aromatic N) is 4. The molecule has 2 aromatic rings. The minimum Gasteiger partial charge on any atom is -0.481 e. The predicted octanol–water partition coefficient (Wildman–Crippen LogP) is 2.88. The molecule has 8 heteroatoms. The molecule has 0 bridgehead atoms. The molecule has 0 aliphatic rings. The molecule has 2 heterocycles. The fourth-order valence-electron chi connectivity index (χ4n) is 1.45. The summed E-state index contributed by atoms with van der Waals surface area (Å²) in [4.78, 5) is 8.50. The maximum atomic E-state index is 12.1. The van der Waals surface area contributed by atoms with Crippen LogP contribution >= 0.6 is 11.5 Å². The van der Waals surface area contributed by atoms with Gasteiger partial charge in [-0.25, -0.2) is 14.2 Å². The maximum absolute atomic E-state index is 12.1. The quantitative estimate of drug-likeness (QED) is 0.801. The smallest absolute Gasteiger partial charge is 0.213 e. The van der Waals surface area contributed by atoms with E-state index in [2.05, 4.69) is 18.7 Å². The Morgan fingerprint density at radius 1 is 1.41 bits per heavy atom. The monoisotopic (exact) mass is 338 g/mol. The van der Waals surface area contributed by atoms with E-state index in [1.165, 1.54) is 11.5 Å². The van der Waals surface area contributed by atoms with Crippen LogP contribution in [-0.2, 0) is 11.0 Å². The topological polar surface area (TPSA) is 77.3 Å². The average molecular weight is 338 g/mol. The van der Waals surface area contributed by atoms with Gasteiger partial charge in [0.15, 0.2) is 10.8 Å². The molecule has 22 heavy (non-hydrogen) atoms. The third-order valence-electron chi connectivity index (χ3n) is 2.68. The Balaban J connectivity index is 2.28. The van der Waals surface area contributed by atoms with Crippen LogP contribution in [0.3, 0.4) is 0 Å². The highest BCUT2D eigenvalue weighted by Crippen LogP contribution is 2.22. The van der Waals surface area contributed by atoms with Crippen molar-refractivity contribution in [1.82, 2.24) is 14.3 Å². The summed E-state index contributed by atoms with van der Waals surface area (Å²) in [6.07, 6.45) is 1.64. The minimum atomic E-state index is -1.31. The molecule has 0 saturated carbocycles. The van der Waals surface area contributed by atoms with E-state index in [1.54, 1.807) is 26.3 Å². The molecule has 0 radical (unpaired) electrons.